The number of hydrogen-bond donors (Lipinski definition) is 1. The molecule has 2 heteroatoms. The molecule has 0 fully saturated rings. The molecule has 0 bridgehead atoms. The molecule has 0 saturated carbocycles. The van der Waals surface area contributed by atoms with Crippen LogP contribution in [0.5, 0.6) is 0 Å². The van der Waals surface area contributed by atoms with Gasteiger partial charge in [0.2, 0.25) is 0 Å². The van der Waals surface area contributed by atoms with Crippen LogP contribution in [0.3, 0.4) is 0 Å². The van der Waals surface area contributed by atoms with Gasteiger partial charge in [0.05, 0.1) is 11.2 Å². The van der Waals surface area contributed by atoms with Gasteiger partial charge in [-0.25, -0.2) is 4.98 Å². The smallest absolute Gasteiger partial charge is 0.0736 e. The Bertz CT molecular complexity index is 602. The van der Waals surface area contributed by atoms with E-state index in [2.05, 4.69) is 17.1 Å². The van der Waals surface area contributed by atoms with E-state index in [-0.39, 0.29) is 0 Å². The van der Waals surface area contributed by atoms with Crippen molar-refractivity contribution in [3.63, 3.8) is 0 Å². The van der Waals surface area contributed by atoms with Crippen LogP contribution in [0, 0.1) is 0 Å². The summed E-state index contributed by atoms with van der Waals surface area (Å²) < 4.78 is 0. The predicted molar refractivity (Wildman–Crippen MR) is 62.8 cm³/mol. The lowest BCUT2D eigenvalue weighted by molar-refractivity contribution is 1.47. The topological polar surface area (TPSA) is 38.9 Å². The first-order valence-electron chi connectivity index (χ1n) is 4.88. The minimum atomic E-state index is 0.743. The average Bonchev–Trinajstić information content (AvgIpc) is 2.46. The number of fused-ring (bicyclic) bond motifs is 3. The predicted octanol–water partition coefficient (Wildman–Crippen LogP) is 2.92. The van der Waals surface area contributed by atoms with Gasteiger partial charge in [0.25, 0.3) is 0 Å². The summed E-state index contributed by atoms with van der Waals surface area (Å²) in [6.07, 6.45) is 0. The highest BCUT2D eigenvalue weighted by Crippen LogP contribution is 2.30. The molecule has 2 N–H and O–H groups in total. The maximum Gasteiger partial charge on any atom is 0.0736 e. The van der Waals surface area contributed by atoms with E-state index in [0.29, 0.717) is 0 Å². The third kappa shape index (κ3) is 1.22. The Kier molecular flexibility index (Phi) is 1.62. The molecule has 0 atom stereocenters. The van der Waals surface area contributed by atoms with Crippen molar-refractivity contribution >= 4 is 16.6 Å². The van der Waals surface area contributed by atoms with E-state index in [0.717, 1.165) is 22.5 Å². The summed E-state index contributed by atoms with van der Waals surface area (Å²) >= 11 is 0. The van der Waals surface area contributed by atoms with Gasteiger partial charge < -0.3 is 5.73 Å². The summed E-state index contributed by atoms with van der Waals surface area (Å²) in [5.74, 6) is 0. The molecule has 0 saturated heterocycles. The molecule has 15 heavy (non-hydrogen) atoms. The van der Waals surface area contributed by atoms with Crippen molar-refractivity contribution in [2.45, 2.75) is 0 Å². The van der Waals surface area contributed by atoms with Crippen molar-refractivity contribution in [1.29, 1.82) is 0 Å². The zero-order valence-electron chi connectivity index (χ0n) is 8.14. The Morgan fingerprint density at radius 1 is 0.933 bits per heavy atom. The van der Waals surface area contributed by atoms with E-state index in [1.807, 2.05) is 36.4 Å². The van der Waals surface area contributed by atoms with Gasteiger partial charge >= 0.3 is 0 Å². The zero-order chi connectivity index (χ0) is 10.3. The highest BCUT2D eigenvalue weighted by atomic mass is 14.7. The molecule has 2 aliphatic rings. The van der Waals surface area contributed by atoms with Gasteiger partial charge in [0, 0.05) is 16.6 Å². The van der Waals surface area contributed by atoms with Crippen LogP contribution in [-0.4, -0.2) is 4.98 Å². The van der Waals surface area contributed by atoms with E-state index < -0.39 is 0 Å². The minimum Gasteiger partial charge on any atom is -0.399 e. The molecule has 2 nitrogen and oxygen atoms in total. The number of para-hydroxylation sites is 1. The van der Waals surface area contributed by atoms with E-state index in [1.54, 1.807) is 0 Å². The van der Waals surface area contributed by atoms with Crippen LogP contribution in [0.2, 0.25) is 0 Å². The third-order valence-corrected chi connectivity index (χ3v) is 2.57. The average molecular weight is 194 g/mol. The SMILES string of the molecule is Nc1cccc2c3ccccc3nc-2c1. The fourth-order valence-corrected chi connectivity index (χ4v) is 1.87. The van der Waals surface area contributed by atoms with Crippen LogP contribution in [0.1, 0.15) is 0 Å². The lowest BCUT2D eigenvalue weighted by atomic mass is 10.1. The lowest BCUT2D eigenvalue weighted by Crippen LogP contribution is -1.79. The summed E-state index contributed by atoms with van der Waals surface area (Å²) in [4.78, 5) is 4.54. The molecule has 1 aromatic carbocycles. The Morgan fingerprint density at radius 2 is 1.80 bits per heavy atom. The van der Waals surface area contributed by atoms with Crippen molar-refractivity contribution in [2.24, 2.45) is 0 Å². The van der Waals surface area contributed by atoms with Crippen LogP contribution in [0.15, 0.2) is 48.5 Å². The molecule has 0 aromatic heterocycles. The number of nitrogen functional groups attached to an aromatic ring is 1. The summed E-state index contributed by atoms with van der Waals surface area (Å²) in [6, 6.07) is 15.9. The molecule has 1 heterocycles. The molecule has 72 valence electrons. The number of hydrogen-bond acceptors (Lipinski definition) is 2. The first kappa shape index (κ1) is 8.24. The number of nitrogens with two attached hydrogens (primary N) is 1. The summed E-state index contributed by atoms with van der Waals surface area (Å²) in [5.41, 5.74) is 9.67. The second-order valence-corrected chi connectivity index (χ2v) is 3.60. The fourth-order valence-electron chi connectivity index (χ4n) is 1.87. The van der Waals surface area contributed by atoms with Crippen LogP contribution in [-0.2, 0) is 0 Å². The van der Waals surface area contributed by atoms with E-state index in [4.69, 9.17) is 5.73 Å². The van der Waals surface area contributed by atoms with Gasteiger partial charge in [0.15, 0.2) is 0 Å². The van der Waals surface area contributed by atoms with Gasteiger partial charge in [-0.05, 0) is 18.2 Å². The molecule has 0 amide bonds. The molecule has 1 aliphatic carbocycles. The molecule has 3 rings (SSSR count). The number of benzene rings is 1. The lowest BCUT2D eigenvalue weighted by Gasteiger charge is -1.90. The van der Waals surface area contributed by atoms with E-state index in [9.17, 15) is 0 Å². The van der Waals surface area contributed by atoms with Crippen LogP contribution in [0.25, 0.3) is 22.2 Å². The van der Waals surface area contributed by atoms with Crippen LogP contribution >= 0.6 is 0 Å². The highest BCUT2D eigenvalue weighted by molar-refractivity contribution is 5.97. The molecule has 1 aliphatic heterocycles. The highest BCUT2D eigenvalue weighted by Gasteiger charge is 2.09. The monoisotopic (exact) mass is 194 g/mol. The molecule has 0 radical (unpaired) electrons. The first-order chi connectivity index (χ1) is 7.34. The molecular formula is C13H10N2. The Hall–Kier alpha value is -2.09. The summed E-state index contributed by atoms with van der Waals surface area (Å²) in [5, 5.41) is 1.18. The van der Waals surface area contributed by atoms with Gasteiger partial charge in [-0.15, -0.1) is 0 Å². The second-order valence-electron chi connectivity index (χ2n) is 3.60. The third-order valence-electron chi connectivity index (χ3n) is 2.57. The fraction of sp³-hybridized carbons (Fsp3) is 0. The zero-order valence-corrected chi connectivity index (χ0v) is 8.14. The molecular weight excluding hydrogens is 184 g/mol. The summed E-state index contributed by atoms with van der Waals surface area (Å²) in [6.45, 7) is 0. The van der Waals surface area contributed by atoms with Crippen molar-refractivity contribution in [2.75, 3.05) is 5.73 Å². The van der Waals surface area contributed by atoms with Crippen molar-refractivity contribution in [1.82, 2.24) is 4.98 Å². The number of aromatic nitrogens is 1. The van der Waals surface area contributed by atoms with E-state index >= 15 is 0 Å². The maximum absolute atomic E-state index is 5.79. The van der Waals surface area contributed by atoms with Gasteiger partial charge in [-0.3, -0.25) is 0 Å². The number of nitrogens with zero attached hydrogens (tertiary/aromatic N) is 1. The van der Waals surface area contributed by atoms with Crippen LogP contribution in [0.4, 0.5) is 5.69 Å². The standard InChI is InChI=1S/C13H10N2/c14-9-4-3-6-11-10-5-1-2-7-12(10)15-13(11)8-9/h1-8H,14H2. The van der Waals surface area contributed by atoms with Crippen LogP contribution < -0.4 is 5.73 Å². The summed E-state index contributed by atoms with van der Waals surface area (Å²) in [7, 11) is 0. The first-order valence-corrected chi connectivity index (χ1v) is 4.88. The Labute approximate surface area is 87.7 Å². The molecule has 0 spiro atoms. The Balaban J connectivity index is 2.48. The van der Waals surface area contributed by atoms with E-state index in [1.165, 1.54) is 5.39 Å². The number of anilines is 1. The number of rotatable bonds is 0. The van der Waals surface area contributed by atoms with Crippen molar-refractivity contribution < 1.29 is 0 Å². The second kappa shape index (κ2) is 2.95. The maximum atomic E-state index is 5.79. The van der Waals surface area contributed by atoms with Gasteiger partial charge in [-0.1, -0.05) is 30.3 Å². The molecule has 0 unspecified atom stereocenters. The van der Waals surface area contributed by atoms with Gasteiger partial charge in [-0.2, -0.15) is 0 Å². The van der Waals surface area contributed by atoms with Crippen molar-refractivity contribution in [3.05, 3.63) is 48.5 Å². The quantitative estimate of drug-likeness (QED) is 0.597. The normalized spacial score (nSPS) is 10.9. The Morgan fingerprint density at radius 3 is 2.73 bits per heavy atom. The molecule has 1 aromatic rings. The largest absolute Gasteiger partial charge is 0.399 e. The van der Waals surface area contributed by atoms with Crippen molar-refractivity contribution in [3.8, 4) is 11.3 Å². The van der Waals surface area contributed by atoms with Gasteiger partial charge in [0.1, 0.15) is 0 Å². The minimum absolute atomic E-state index is 0.743.